The predicted molar refractivity (Wildman–Crippen MR) is 74.8 cm³/mol. The van der Waals surface area contributed by atoms with Gasteiger partial charge in [0.2, 0.25) is 0 Å². The normalized spacial score (nSPS) is 23.6. The standard InChI is InChI=1S/C16H20O4/c1-2-12-14(20-9-8-17)10-13(18)15(12)16(19)11-6-4-3-5-7-11/h3-7,10,12,15-17,19H,2,8-9H2,1H3/t12-,15+,16-/m0/s1. The van der Waals surface area contributed by atoms with Gasteiger partial charge in [0.25, 0.3) is 0 Å². The molecule has 2 N–H and O–H groups in total. The number of rotatable bonds is 6. The topological polar surface area (TPSA) is 66.8 Å². The molecule has 0 radical (unpaired) electrons. The summed E-state index contributed by atoms with van der Waals surface area (Å²) in [5, 5.41) is 19.3. The van der Waals surface area contributed by atoms with Crippen LogP contribution in [0.5, 0.6) is 0 Å². The number of hydrogen-bond acceptors (Lipinski definition) is 4. The number of ketones is 1. The van der Waals surface area contributed by atoms with Gasteiger partial charge in [0.05, 0.1) is 18.6 Å². The number of carbonyl (C=O) groups excluding carboxylic acids is 1. The fraction of sp³-hybridized carbons (Fsp3) is 0.438. The lowest BCUT2D eigenvalue weighted by atomic mass is 9.84. The molecule has 0 heterocycles. The summed E-state index contributed by atoms with van der Waals surface area (Å²) < 4.78 is 5.42. The Morgan fingerprint density at radius 3 is 2.60 bits per heavy atom. The molecule has 108 valence electrons. The van der Waals surface area contributed by atoms with E-state index in [9.17, 15) is 9.90 Å². The zero-order chi connectivity index (χ0) is 14.5. The van der Waals surface area contributed by atoms with E-state index in [2.05, 4.69) is 0 Å². The van der Waals surface area contributed by atoms with Crippen molar-refractivity contribution in [3.8, 4) is 0 Å². The number of aliphatic hydroxyl groups excluding tert-OH is 2. The van der Waals surface area contributed by atoms with Crippen molar-refractivity contribution in [3.63, 3.8) is 0 Å². The third kappa shape index (κ3) is 2.92. The van der Waals surface area contributed by atoms with Gasteiger partial charge < -0.3 is 14.9 Å². The van der Waals surface area contributed by atoms with Crippen LogP contribution in [-0.2, 0) is 9.53 Å². The summed E-state index contributed by atoms with van der Waals surface area (Å²) in [4.78, 5) is 12.2. The Morgan fingerprint density at radius 1 is 1.30 bits per heavy atom. The Kier molecular flexibility index (Phi) is 4.93. The first-order chi connectivity index (χ1) is 9.69. The number of ether oxygens (including phenoxy) is 1. The van der Waals surface area contributed by atoms with Crippen molar-refractivity contribution in [1.82, 2.24) is 0 Å². The molecular weight excluding hydrogens is 256 g/mol. The highest BCUT2D eigenvalue weighted by atomic mass is 16.5. The van der Waals surface area contributed by atoms with E-state index < -0.39 is 12.0 Å². The van der Waals surface area contributed by atoms with Gasteiger partial charge in [-0.25, -0.2) is 0 Å². The molecule has 1 aromatic rings. The molecule has 1 aliphatic carbocycles. The van der Waals surface area contributed by atoms with Gasteiger partial charge in [-0.1, -0.05) is 37.3 Å². The van der Waals surface area contributed by atoms with Crippen LogP contribution >= 0.6 is 0 Å². The quantitative estimate of drug-likeness (QED) is 0.832. The Balaban J connectivity index is 2.18. The molecule has 0 spiro atoms. The Hall–Kier alpha value is -1.65. The van der Waals surface area contributed by atoms with E-state index in [1.807, 2.05) is 37.3 Å². The minimum Gasteiger partial charge on any atom is -0.495 e. The second-order valence-corrected chi connectivity index (χ2v) is 4.92. The van der Waals surface area contributed by atoms with Crippen molar-refractivity contribution in [2.24, 2.45) is 11.8 Å². The zero-order valence-electron chi connectivity index (χ0n) is 11.5. The molecule has 0 aliphatic heterocycles. The molecule has 0 saturated heterocycles. The van der Waals surface area contributed by atoms with Crippen LogP contribution < -0.4 is 0 Å². The lowest BCUT2D eigenvalue weighted by Gasteiger charge is -2.25. The molecule has 1 aliphatic rings. The van der Waals surface area contributed by atoms with Crippen molar-refractivity contribution in [2.75, 3.05) is 13.2 Å². The molecule has 4 heteroatoms. The summed E-state index contributed by atoms with van der Waals surface area (Å²) in [6.45, 7) is 2.04. The maximum Gasteiger partial charge on any atom is 0.165 e. The third-order valence-corrected chi connectivity index (χ3v) is 3.69. The van der Waals surface area contributed by atoms with E-state index in [0.29, 0.717) is 12.2 Å². The smallest absolute Gasteiger partial charge is 0.165 e. The summed E-state index contributed by atoms with van der Waals surface area (Å²) >= 11 is 0. The van der Waals surface area contributed by atoms with Gasteiger partial charge in [-0.3, -0.25) is 4.79 Å². The maximum atomic E-state index is 12.2. The first-order valence-corrected chi connectivity index (χ1v) is 6.91. The van der Waals surface area contributed by atoms with Crippen LogP contribution in [-0.4, -0.2) is 29.2 Å². The lowest BCUT2D eigenvalue weighted by molar-refractivity contribution is -0.122. The van der Waals surface area contributed by atoms with Crippen molar-refractivity contribution < 1.29 is 19.7 Å². The molecule has 20 heavy (non-hydrogen) atoms. The lowest BCUT2D eigenvalue weighted by Crippen LogP contribution is -2.25. The molecule has 0 fully saturated rings. The van der Waals surface area contributed by atoms with E-state index >= 15 is 0 Å². The maximum absolute atomic E-state index is 12.2. The van der Waals surface area contributed by atoms with Gasteiger partial charge in [-0.05, 0) is 12.0 Å². The summed E-state index contributed by atoms with van der Waals surface area (Å²) in [5.74, 6) is -0.173. The molecule has 4 nitrogen and oxygen atoms in total. The number of benzene rings is 1. The molecule has 0 amide bonds. The van der Waals surface area contributed by atoms with Gasteiger partial charge >= 0.3 is 0 Å². The van der Waals surface area contributed by atoms with E-state index in [4.69, 9.17) is 9.84 Å². The molecule has 0 aromatic heterocycles. The average molecular weight is 276 g/mol. The molecule has 0 unspecified atom stereocenters. The van der Waals surface area contributed by atoms with Crippen molar-refractivity contribution >= 4 is 5.78 Å². The van der Waals surface area contributed by atoms with E-state index in [1.54, 1.807) is 0 Å². The van der Waals surface area contributed by atoms with Gasteiger partial charge in [-0.2, -0.15) is 0 Å². The van der Waals surface area contributed by atoms with E-state index in [0.717, 1.165) is 5.56 Å². The van der Waals surface area contributed by atoms with Crippen LogP contribution in [0, 0.1) is 11.8 Å². The van der Waals surface area contributed by atoms with Crippen LogP contribution in [0.25, 0.3) is 0 Å². The molecule has 0 saturated carbocycles. The van der Waals surface area contributed by atoms with Gasteiger partial charge in [0.15, 0.2) is 5.78 Å². The molecule has 3 atom stereocenters. The van der Waals surface area contributed by atoms with Gasteiger partial charge in [-0.15, -0.1) is 0 Å². The minimum atomic E-state index is -0.833. The molecule has 0 bridgehead atoms. The number of allylic oxidation sites excluding steroid dienone is 2. The Bertz CT molecular complexity index is 481. The van der Waals surface area contributed by atoms with Crippen LogP contribution in [0.2, 0.25) is 0 Å². The van der Waals surface area contributed by atoms with Crippen LogP contribution in [0.3, 0.4) is 0 Å². The summed E-state index contributed by atoms with van der Waals surface area (Å²) in [6.07, 6.45) is 1.33. The highest BCUT2D eigenvalue weighted by Crippen LogP contribution is 2.40. The number of aliphatic hydroxyl groups is 2. The predicted octanol–water partition coefficient (Wildman–Crippen LogP) is 1.84. The van der Waals surface area contributed by atoms with Crippen LogP contribution in [0.1, 0.15) is 25.0 Å². The fourth-order valence-corrected chi connectivity index (χ4v) is 2.72. The number of hydrogen-bond donors (Lipinski definition) is 2. The average Bonchev–Trinajstić information content (AvgIpc) is 2.80. The Morgan fingerprint density at radius 2 is 2.00 bits per heavy atom. The zero-order valence-corrected chi connectivity index (χ0v) is 11.5. The Labute approximate surface area is 118 Å². The third-order valence-electron chi connectivity index (χ3n) is 3.69. The van der Waals surface area contributed by atoms with Crippen molar-refractivity contribution in [1.29, 1.82) is 0 Å². The SMILES string of the molecule is CC[C@H]1C(OCCO)=CC(=O)[C@@H]1[C@@H](O)c1ccccc1. The van der Waals surface area contributed by atoms with Crippen molar-refractivity contribution in [2.45, 2.75) is 19.4 Å². The summed E-state index contributed by atoms with van der Waals surface area (Å²) in [7, 11) is 0. The summed E-state index contributed by atoms with van der Waals surface area (Å²) in [6, 6.07) is 9.19. The monoisotopic (exact) mass is 276 g/mol. The second kappa shape index (κ2) is 6.68. The highest BCUT2D eigenvalue weighted by molar-refractivity contribution is 5.95. The first kappa shape index (κ1) is 14.8. The fourth-order valence-electron chi connectivity index (χ4n) is 2.72. The summed E-state index contributed by atoms with van der Waals surface area (Å²) in [5.41, 5.74) is 0.737. The van der Waals surface area contributed by atoms with E-state index in [1.165, 1.54) is 6.08 Å². The number of carbonyl (C=O) groups is 1. The van der Waals surface area contributed by atoms with Crippen LogP contribution in [0.4, 0.5) is 0 Å². The highest BCUT2D eigenvalue weighted by Gasteiger charge is 2.41. The molecular formula is C16H20O4. The molecule has 1 aromatic carbocycles. The van der Waals surface area contributed by atoms with Gasteiger partial charge in [0, 0.05) is 12.0 Å². The second-order valence-electron chi connectivity index (χ2n) is 4.92. The molecule has 2 rings (SSSR count). The van der Waals surface area contributed by atoms with Crippen LogP contribution in [0.15, 0.2) is 42.2 Å². The van der Waals surface area contributed by atoms with Gasteiger partial charge in [0.1, 0.15) is 12.4 Å². The van der Waals surface area contributed by atoms with E-state index in [-0.39, 0.29) is 24.9 Å². The minimum absolute atomic E-state index is 0.0894. The largest absolute Gasteiger partial charge is 0.495 e. The van der Waals surface area contributed by atoms with Crippen molar-refractivity contribution in [3.05, 3.63) is 47.7 Å². The first-order valence-electron chi connectivity index (χ1n) is 6.91.